The summed E-state index contributed by atoms with van der Waals surface area (Å²) in [6.45, 7) is 3.90. The Morgan fingerprint density at radius 2 is 2.47 bits per heavy atom. The molecule has 1 amide bonds. The SMILES string of the molecule is CCOCCNC(=O)c1sccc1C#CCN. The highest BCUT2D eigenvalue weighted by Gasteiger charge is 2.10. The van der Waals surface area contributed by atoms with E-state index in [4.69, 9.17) is 10.5 Å². The van der Waals surface area contributed by atoms with E-state index in [9.17, 15) is 4.79 Å². The fourth-order valence-electron chi connectivity index (χ4n) is 1.19. The molecule has 0 fully saturated rings. The van der Waals surface area contributed by atoms with Crippen LogP contribution in [0.3, 0.4) is 0 Å². The van der Waals surface area contributed by atoms with Crippen LogP contribution >= 0.6 is 11.3 Å². The largest absolute Gasteiger partial charge is 0.380 e. The van der Waals surface area contributed by atoms with Gasteiger partial charge in [-0.25, -0.2) is 0 Å². The van der Waals surface area contributed by atoms with Gasteiger partial charge in [-0.05, 0) is 18.4 Å². The van der Waals surface area contributed by atoms with Crippen LogP contribution in [-0.2, 0) is 4.74 Å². The summed E-state index contributed by atoms with van der Waals surface area (Å²) in [6, 6.07) is 1.82. The summed E-state index contributed by atoms with van der Waals surface area (Å²) in [4.78, 5) is 12.4. The minimum absolute atomic E-state index is 0.110. The van der Waals surface area contributed by atoms with E-state index in [1.54, 1.807) is 0 Å². The summed E-state index contributed by atoms with van der Waals surface area (Å²) in [6.07, 6.45) is 0. The third kappa shape index (κ3) is 4.57. The molecular weight excluding hydrogens is 236 g/mol. The van der Waals surface area contributed by atoms with Crippen molar-refractivity contribution in [2.45, 2.75) is 6.92 Å². The minimum Gasteiger partial charge on any atom is -0.380 e. The highest BCUT2D eigenvalue weighted by Crippen LogP contribution is 2.15. The zero-order valence-corrected chi connectivity index (χ0v) is 10.6. The molecule has 5 heteroatoms. The number of ether oxygens (including phenoxy) is 1. The van der Waals surface area contributed by atoms with Gasteiger partial charge in [0, 0.05) is 18.7 Å². The summed E-state index contributed by atoms with van der Waals surface area (Å²) >= 11 is 1.38. The molecular formula is C12H16N2O2S. The maximum absolute atomic E-state index is 11.8. The molecule has 0 aliphatic carbocycles. The van der Waals surface area contributed by atoms with Crippen LogP contribution < -0.4 is 11.1 Å². The predicted octanol–water partition coefficient (Wildman–Crippen LogP) is 0.825. The standard InChI is InChI=1S/C12H16N2O2S/c1-2-16-8-7-14-12(15)11-10(4-3-6-13)5-9-17-11/h5,9H,2,6-8,13H2,1H3,(H,14,15). The van der Waals surface area contributed by atoms with E-state index in [0.29, 0.717) is 31.2 Å². The van der Waals surface area contributed by atoms with Gasteiger partial charge in [0.05, 0.1) is 13.2 Å². The quantitative estimate of drug-likeness (QED) is 0.602. The van der Waals surface area contributed by atoms with Gasteiger partial charge in [-0.1, -0.05) is 11.8 Å². The highest BCUT2D eigenvalue weighted by atomic mass is 32.1. The number of thiophene rings is 1. The van der Waals surface area contributed by atoms with Crippen molar-refractivity contribution in [2.24, 2.45) is 5.73 Å². The Balaban J connectivity index is 2.54. The third-order valence-electron chi connectivity index (χ3n) is 1.93. The zero-order chi connectivity index (χ0) is 12.5. The lowest BCUT2D eigenvalue weighted by molar-refractivity contribution is 0.0926. The number of carbonyl (C=O) groups excluding carboxylic acids is 1. The van der Waals surface area contributed by atoms with Crippen LogP contribution in [0.2, 0.25) is 0 Å². The molecule has 0 radical (unpaired) electrons. The van der Waals surface area contributed by atoms with E-state index in [0.717, 1.165) is 5.56 Å². The van der Waals surface area contributed by atoms with E-state index in [2.05, 4.69) is 17.2 Å². The monoisotopic (exact) mass is 252 g/mol. The second-order valence-corrected chi connectivity index (χ2v) is 4.04. The van der Waals surface area contributed by atoms with E-state index >= 15 is 0 Å². The first-order valence-electron chi connectivity index (χ1n) is 5.42. The molecule has 1 aromatic heterocycles. The molecule has 0 aliphatic heterocycles. The molecule has 0 unspecified atom stereocenters. The fourth-order valence-corrected chi connectivity index (χ4v) is 1.96. The van der Waals surface area contributed by atoms with Crippen molar-refractivity contribution in [3.05, 3.63) is 21.9 Å². The second-order valence-electron chi connectivity index (χ2n) is 3.12. The average molecular weight is 252 g/mol. The lowest BCUT2D eigenvalue weighted by Crippen LogP contribution is -2.27. The molecule has 1 aromatic rings. The number of hydrogen-bond donors (Lipinski definition) is 2. The Morgan fingerprint density at radius 1 is 1.65 bits per heavy atom. The lowest BCUT2D eigenvalue weighted by atomic mass is 10.2. The van der Waals surface area contributed by atoms with Crippen LogP contribution in [0.4, 0.5) is 0 Å². The van der Waals surface area contributed by atoms with Crippen molar-refractivity contribution >= 4 is 17.2 Å². The number of amides is 1. The Bertz CT molecular complexity index is 418. The van der Waals surface area contributed by atoms with Gasteiger partial charge in [-0.15, -0.1) is 11.3 Å². The van der Waals surface area contributed by atoms with Gasteiger partial charge in [0.2, 0.25) is 0 Å². The smallest absolute Gasteiger partial charge is 0.262 e. The van der Waals surface area contributed by atoms with Crippen molar-refractivity contribution in [2.75, 3.05) is 26.3 Å². The number of rotatable bonds is 5. The minimum atomic E-state index is -0.110. The third-order valence-corrected chi connectivity index (χ3v) is 2.85. The summed E-state index contributed by atoms with van der Waals surface area (Å²) < 4.78 is 5.14. The Morgan fingerprint density at radius 3 is 3.18 bits per heavy atom. The molecule has 0 bridgehead atoms. The first-order valence-corrected chi connectivity index (χ1v) is 6.30. The molecule has 4 nitrogen and oxygen atoms in total. The summed E-state index contributed by atoms with van der Waals surface area (Å²) in [5, 5.41) is 4.63. The predicted molar refractivity (Wildman–Crippen MR) is 69.1 cm³/mol. The summed E-state index contributed by atoms with van der Waals surface area (Å²) in [5.41, 5.74) is 6.03. The van der Waals surface area contributed by atoms with Crippen molar-refractivity contribution in [3.63, 3.8) is 0 Å². The van der Waals surface area contributed by atoms with E-state index in [-0.39, 0.29) is 5.91 Å². The van der Waals surface area contributed by atoms with Crippen molar-refractivity contribution in [1.29, 1.82) is 0 Å². The van der Waals surface area contributed by atoms with Gasteiger partial charge in [-0.2, -0.15) is 0 Å². The van der Waals surface area contributed by atoms with E-state index in [1.807, 2.05) is 18.4 Å². The fraction of sp³-hybridized carbons (Fsp3) is 0.417. The van der Waals surface area contributed by atoms with Crippen LogP contribution in [0.1, 0.15) is 22.2 Å². The van der Waals surface area contributed by atoms with Crippen LogP contribution in [0.25, 0.3) is 0 Å². The van der Waals surface area contributed by atoms with Crippen LogP contribution in [0.15, 0.2) is 11.4 Å². The van der Waals surface area contributed by atoms with Gasteiger partial charge < -0.3 is 15.8 Å². The van der Waals surface area contributed by atoms with Crippen LogP contribution in [0.5, 0.6) is 0 Å². The molecule has 0 aromatic carbocycles. The molecule has 0 aliphatic rings. The first kappa shape index (κ1) is 13.7. The van der Waals surface area contributed by atoms with Crippen molar-refractivity contribution < 1.29 is 9.53 Å². The second kappa shape index (κ2) is 7.85. The Kier molecular flexibility index (Phi) is 6.33. The van der Waals surface area contributed by atoms with Crippen molar-refractivity contribution in [1.82, 2.24) is 5.32 Å². The topological polar surface area (TPSA) is 64.3 Å². The number of nitrogens with two attached hydrogens (primary N) is 1. The molecule has 1 rings (SSSR count). The van der Waals surface area contributed by atoms with Gasteiger partial charge in [0.25, 0.3) is 5.91 Å². The van der Waals surface area contributed by atoms with Gasteiger partial charge in [-0.3, -0.25) is 4.79 Å². The van der Waals surface area contributed by atoms with E-state index < -0.39 is 0 Å². The first-order chi connectivity index (χ1) is 8.29. The Hall–Kier alpha value is -1.35. The molecule has 0 spiro atoms. The Labute approximate surface area is 105 Å². The zero-order valence-electron chi connectivity index (χ0n) is 9.79. The molecule has 17 heavy (non-hydrogen) atoms. The van der Waals surface area contributed by atoms with E-state index in [1.165, 1.54) is 11.3 Å². The highest BCUT2D eigenvalue weighted by molar-refractivity contribution is 7.12. The molecule has 92 valence electrons. The van der Waals surface area contributed by atoms with Crippen molar-refractivity contribution in [3.8, 4) is 11.8 Å². The lowest BCUT2D eigenvalue weighted by Gasteiger charge is -2.03. The normalized spacial score (nSPS) is 9.53. The number of nitrogens with one attached hydrogen (secondary N) is 1. The summed E-state index contributed by atoms with van der Waals surface area (Å²) in [5.74, 6) is 5.51. The van der Waals surface area contributed by atoms with Crippen LogP contribution in [0, 0.1) is 11.8 Å². The summed E-state index contributed by atoms with van der Waals surface area (Å²) in [7, 11) is 0. The maximum Gasteiger partial charge on any atom is 0.262 e. The number of carbonyl (C=O) groups is 1. The van der Waals surface area contributed by atoms with Crippen LogP contribution in [-0.4, -0.2) is 32.2 Å². The van der Waals surface area contributed by atoms with Gasteiger partial charge in [0.1, 0.15) is 4.88 Å². The average Bonchev–Trinajstić information content (AvgIpc) is 2.80. The van der Waals surface area contributed by atoms with Gasteiger partial charge >= 0.3 is 0 Å². The van der Waals surface area contributed by atoms with Gasteiger partial charge in [0.15, 0.2) is 0 Å². The molecule has 1 heterocycles. The molecule has 3 N–H and O–H groups in total. The molecule has 0 saturated heterocycles. The molecule has 0 atom stereocenters. The molecule has 0 saturated carbocycles. The number of hydrogen-bond acceptors (Lipinski definition) is 4. The maximum atomic E-state index is 11.8.